The van der Waals surface area contributed by atoms with E-state index in [1.54, 1.807) is 12.4 Å². The zero-order chi connectivity index (χ0) is 7.68. The molecule has 2 nitrogen and oxygen atoms in total. The highest BCUT2D eigenvalue weighted by Crippen LogP contribution is 2.45. The van der Waals surface area contributed by atoms with Crippen LogP contribution in [0.5, 0.6) is 0 Å². The molecule has 0 saturated heterocycles. The van der Waals surface area contributed by atoms with Gasteiger partial charge < -0.3 is 4.79 Å². The van der Waals surface area contributed by atoms with Crippen LogP contribution in [0.3, 0.4) is 0 Å². The number of hydrogen-bond donors (Lipinski definition) is 0. The highest BCUT2D eigenvalue weighted by atomic mass is 16.1. The maximum Gasteiger partial charge on any atom is 0.123 e. The average Bonchev–Trinajstić information content (AvgIpc) is 2.85. The highest BCUT2D eigenvalue weighted by molar-refractivity contribution is 5.61. The predicted octanol–water partition coefficient (Wildman–Crippen LogP) is 1.38. The largest absolute Gasteiger partial charge is 0.303 e. The van der Waals surface area contributed by atoms with Gasteiger partial charge >= 0.3 is 0 Å². The number of hydrogen-bond acceptors (Lipinski definition) is 2. The van der Waals surface area contributed by atoms with Gasteiger partial charge in [-0.1, -0.05) is 0 Å². The SMILES string of the molecule is O=C[C@@H]1C[C@@H]1c1ccncc1. The fourth-order valence-corrected chi connectivity index (χ4v) is 1.36. The summed E-state index contributed by atoms with van der Waals surface area (Å²) in [6, 6.07) is 3.96. The average molecular weight is 147 g/mol. The van der Waals surface area contributed by atoms with E-state index in [1.165, 1.54) is 5.56 Å². The topological polar surface area (TPSA) is 30.0 Å². The minimum atomic E-state index is 0.275. The molecule has 2 rings (SSSR count). The molecule has 56 valence electrons. The summed E-state index contributed by atoms with van der Waals surface area (Å²) < 4.78 is 0. The molecule has 1 aliphatic rings. The lowest BCUT2D eigenvalue weighted by Gasteiger charge is -1.93. The first kappa shape index (κ1) is 6.53. The lowest BCUT2D eigenvalue weighted by atomic mass is 10.1. The third-order valence-electron chi connectivity index (χ3n) is 2.15. The van der Waals surface area contributed by atoms with Crippen molar-refractivity contribution in [2.75, 3.05) is 0 Å². The fourth-order valence-electron chi connectivity index (χ4n) is 1.36. The van der Waals surface area contributed by atoms with E-state index in [0.29, 0.717) is 5.92 Å². The van der Waals surface area contributed by atoms with Gasteiger partial charge in [0.2, 0.25) is 0 Å². The van der Waals surface area contributed by atoms with E-state index in [0.717, 1.165) is 12.7 Å². The van der Waals surface area contributed by atoms with E-state index < -0.39 is 0 Å². The summed E-state index contributed by atoms with van der Waals surface area (Å²) in [4.78, 5) is 14.3. The molecule has 0 unspecified atom stereocenters. The van der Waals surface area contributed by atoms with Gasteiger partial charge in [-0.15, -0.1) is 0 Å². The van der Waals surface area contributed by atoms with Crippen molar-refractivity contribution < 1.29 is 4.79 Å². The van der Waals surface area contributed by atoms with Gasteiger partial charge in [-0.3, -0.25) is 4.98 Å². The fraction of sp³-hybridized carbons (Fsp3) is 0.333. The minimum absolute atomic E-state index is 0.275. The van der Waals surface area contributed by atoms with Crippen molar-refractivity contribution in [1.29, 1.82) is 0 Å². The van der Waals surface area contributed by atoms with Gasteiger partial charge in [0.15, 0.2) is 0 Å². The van der Waals surface area contributed by atoms with Crippen LogP contribution in [-0.4, -0.2) is 11.3 Å². The summed E-state index contributed by atoms with van der Waals surface area (Å²) >= 11 is 0. The van der Waals surface area contributed by atoms with Gasteiger partial charge in [0.25, 0.3) is 0 Å². The van der Waals surface area contributed by atoms with Crippen molar-refractivity contribution in [3.8, 4) is 0 Å². The number of pyridine rings is 1. The number of rotatable bonds is 2. The summed E-state index contributed by atoms with van der Waals surface area (Å²) in [5, 5.41) is 0. The Labute approximate surface area is 65.3 Å². The summed E-state index contributed by atoms with van der Waals surface area (Å²) in [5.74, 6) is 0.757. The Hall–Kier alpha value is -1.18. The van der Waals surface area contributed by atoms with Crippen molar-refractivity contribution in [3.63, 3.8) is 0 Å². The van der Waals surface area contributed by atoms with Gasteiger partial charge in [-0.05, 0) is 30.0 Å². The second kappa shape index (κ2) is 2.46. The van der Waals surface area contributed by atoms with Crippen LogP contribution in [0.4, 0.5) is 0 Å². The van der Waals surface area contributed by atoms with Gasteiger partial charge in [0, 0.05) is 18.3 Å². The zero-order valence-electron chi connectivity index (χ0n) is 6.10. The lowest BCUT2D eigenvalue weighted by Crippen LogP contribution is -1.83. The van der Waals surface area contributed by atoms with E-state index in [9.17, 15) is 4.79 Å². The molecule has 0 N–H and O–H groups in total. The molecule has 0 amide bonds. The van der Waals surface area contributed by atoms with Crippen molar-refractivity contribution in [2.45, 2.75) is 12.3 Å². The van der Waals surface area contributed by atoms with E-state index in [-0.39, 0.29) is 5.92 Å². The smallest absolute Gasteiger partial charge is 0.123 e. The van der Waals surface area contributed by atoms with Crippen LogP contribution >= 0.6 is 0 Å². The molecule has 1 aliphatic carbocycles. The molecule has 1 aromatic rings. The van der Waals surface area contributed by atoms with Crippen LogP contribution in [0.15, 0.2) is 24.5 Å². The van der Waals surface area contributed by atoms with Crippen LogP contribution in [0, 0.1) is 5.92 Å². The predicted molar refractivity (Wildman–Crippen MR) is 41.1 cm³/mol. The molecular weight excluding hydrogens is 138 g/mol. The summed E-state index contributed by atoms with van der Waals surface area (Å²) in [6.07, 6.45) is 5.61. The lowest BCUT2D eigenvalue weighted by molar-refractivity contribution is -0.108. The summed E-state index contributed by atoms with van der Waals surface area (Å²) in [6.45, 7) is 0. The molecule has 1 aromatic heterocycles. The third-order valence-corrected chi connectivity index (χ3v) is 2.15. The first-order valence-electron chi connectivity index (χ1n) is 3.77. The highest BCUT2D eigenvalue weighted by Gasteiger charge is 2.37. The Morgan fingerprint density at radius 2 is 2.18 bits per heavy atom. The van der Waals surface area contributed by atoms with Crippen molar-refractivity contribution in [3.05, 3.63) is 30.1 Å². The second-order valence-corrected chi connectivity index (χ2v) is 2.92. The van der Waals surface area contributed by atoms with Crippen molar-refractivity contribution >= 4 is 6.29 Å². The van der Waals surface area contributed by atoms with Crippen LogP contribution in [0.2, 0.25) is 0 Å². The Morgan fingerprint density at radius 1 is 1.45 bits per heavy atom. The van der Waals surface area contributed by atoms with Crippen LogP contribution in [0.25, 0.3) is 0 Å². The molecule has 0 aromatic carbocycles. The molecule has 11 heavy (non-hydrogen) atoms. The quantitative estimate of drug-likeness (QED) is 0.591. The van der Waals surface area contributed by atoms with Gasteiger partial charge in [-0.2, -0.15) is 0 Å². The molecule has 1 fully saturated rings. The number of carbonyl (C=O) groups excluding carboxylic acids is 1. The number of aromatic nitrogens is 1. The Bertz CT molecular complexity index is 258. The normalized spacial score (nSPS) is 28.0. The van der Waals surface area contributed by atoms with Gasteiger partial charge in [0.1, 0.15) is 6.29 Å². The minimum Gasteiger partial charge on any atom is -0.303 e. The monoisotopic (exact) mass is 147 g/mol. The molecule has 0 spiro atoms. The van der Waals surface area contributed by atoms with Gasteiger partial charge in [-0.25, -0.2) is 0 Å². The van der Waals surface area contributed by atoms with E-state index >= 15 is 0 Å². The maximum atomic E-state index is 10.3. The second-order valence-electron chi connectivity index (χ2n) is 2.92. The molecule has 0 aliphatic heterocycles. The molecule has 2 heteroatoms. The molecule has 1 heterocycles. The van der Waals surface area contributed by atoms with Crippen LogP contribution < -0.4 is 0 Å². The summed E-state index contributed by atoms with van der Waals surface area (Å²) in [5.41, 5.74) is 1.25. The first-order valence-corrected chi connectivity index (χ1v) is 3.77. The molecule has 0 bridgehead atoms. The first-order chi connectivity index (χ1) is 5.42. The maximum absolute atomic E-state index is 10.3. The summed E-state index contributed by atoms with van der Waals surface area (Å²) in [7, 11) is 0. The van der Waals surface area contributed by atoms with Crippen molar-refractivity contribution in [2.24, 2.45) is 5.92 Å². The van der Waals surface area contributed by atoms with E-state index in [1.807, 2.05) is 12.1 Å². The number of nitrogens with zero attached hydrogens (tertiary/aromatic N) is 1. The Balaban J connectivity index is 2.14. The zero-order valence-corrected chi connectivity index (χ0v) is 6.10. The van der Waals surface area contributed by atoms with E-state index in [2.05, 4.69) is 4.98 Å². The third kappa shape index (κ3) is 1.16. The van der Waals surface area contributed by atoms with Gasteiger partial charge in [0.05, 0.1) is 0 Å². The molecule has 1 saturated carbocycles. The van der Waals surface area contributed by atoms with E-state index in [4.69, 9.17) is 0 Å². The van der Waals surface area contributed by atoms with Crippen molar-refractivity contribution in [1.82, 2.24) is 4.98 Å². The van der Waals surface area contributed by atoms with Crippen LogP contribution in [0.1, 0.15) is 17.9 Å². The Kier molecular flexibility index (Phi) is 1.46. The van der Waals surface area contributed by atoms with Crippen LogP contribution in [-0.2, 0) is 4.79 Å². The molecule has 2 atom stereocenters. The standard InChI is InChI=1S/C9H9NO/c11-6-8-5-9(8)7-1-3-10-4-2-7/h1-4,6,8-9H,5H2/t8-,9+/m0/s1. The number of aldehydes is 1. The number of carbonyl (C=O) groups is 1. The Morgan fingerprint density at radius 3 is 2.73 bits per heavy atom. The molecule has 0 radical (unpaired) electrons. The molecular formula is C9H9NO.